The molecule has 100 valence electrons. The summed E-state index contributed by atoms with van der Waals surface area (Å²) < 4.78 is 0. The monoisotopic (exact) mass is 274 g/mol. The molecule has 1 saturated heterocycles. The lowest BCUT2D eigenvalue weighted by Gasteiger charge is -2.41. The van der Waals surface area contributed by atoms with Crippen LogP contribution in [0.15, 0.2) is 0 Å². The summed E-state index contributed by atoms with van der Waals surface area (Å²) in [5.74, 6) is 11.5. The van der Waals surface area contributed by atoms with Crippen LogP contribution >= 0.6 is 23.5 Å². The van der Waals surface area contributed by atoms with Gasteiger partial charge < -0.3 is 0 Å². The third-order valence-corrected chi connectivity index (χ3v) is 7.27. The molecule has 0 aromatic rings. The first-order chi connectivity index (χ1) is 8.36. The molecule has 4 unspecified atom stereocenters. The molecule has 0 bridgehead atoms. The van der Waals surface area contributed by atoms with Crippen molar-refractivity contribution >= 4 is 23.5 Å². The Morgan fingerprint density at radius 3 is 2.76 bits per heavy atom. The minimum absolute atomic E-state index is 0.540. The first kappa shape index (κ1) is 14.0. The quantitative estimate of drug-likeness (QED) is 0.611. The number of hydrazine groups is 1. The van der Waals surface area contributed by atoms with E-state index in [2.05, 4.69) is 35.9 Å². The molecule has 0 spiro atoms. The van der Waals surface area contributed by atoms with Crippen LogP contribution in [-0.2, 0) is 0 Å². The van der Waals surface area contributed by atoms with Gasteiger partial charge in [0.1, 0.15) is 0 Å². The van der Waals surface area contributed by atoms with E-state index in [-0.39, 0.29) is 0 Å². The van der Waals surface area contributed by atoms with E-state index in [1.165, 1.54) is 49.4 Å². The molecule has 2 aliphatic rings. The number of hydrogen-bond donors (Lipinski definition) is 2. The number of hydrogen-bond acceptors (Lipinski definition) is 4. The summed E-state index contributed by atoms with van der Waals surface area (Å²) in [5.41, 5.74) is 3.17. The van der Waals surface area contributed by atoms with Crippen molar-refractivity contribution in [3.63, 3.8) is 0 Å². The molecule has 4 atom stereocenters. The molecule has 0 amide bonds. The summed E-state index contributed by atoms with van der Waals surface area (Å²) in [6.07, 6.45) is 6.97. The Morgan fingerprint density at radius 1 is 1.29 bits per heavy atom. The number of nitrogens with one attached hydrogen (secondary N) is 1. The molecule has 2 rings (SSSR count). The standard InChI is InChI=1S/C13H26N2S2/c1-2-10-5-3-4-6-11(10)13(15-14)12-9-16-7-8-17-12/h10-13,15H,2-9,14H2,1H3. The highest BCUT2D eigenvalue weighted by atomic mass is 32.2. The first-order valence-corrected chi connectivity index (χ1v) is 9.22. The van der Waals surface area contributed by atoms with Crippen molar-refractivity contribution in [1.82, 2.24) is 5.43 Å². The maximum atomic E-state index is 5.88. The summed E-state index contributed by atoms with van der Waals surface area (Å²) in [7, 11) is 0. The molecular formula is C13H26N2S2. The molecular weight excluding hydrogens is 248 g/mol. The molecule has 1 aliphatic carbocycles. The minimum atomic E-state index is 0.540. The van der Waals surface area contributed by atoms with Gasteiger partial charge in [0, 0.05) is 28.6 Å². The SMILES string of the molecule is CCC1CCCCC1C(NN)C1CSCCS1. The maximum Gasteiger partial charge on any atom is 0.0368 e. The average Bonchev–Trinajstić information content (AvgIpc) is 2.41. The predicted octanol–water partition coefficient (Wildman–Crippen LogP) is 2.88. The van der Waals surface area contributed by atoms with Crippen LogP contribution in [-0.4, -0.2) is 28.6 Å². The van der Waals surface area contributed by atoms with Gasteiger partial charge >= 0.3 is 0 Å². The van der Waals surface area contributed by atoms with Gasteiger partial charge in [0.2, 0.25) is 0 Å². The van der Waals surface area contributed by atoms with Gasteiger partial charge in [-0.05, 0) is 18.3 Å². The van der Waals surface area contributed by atoms with Gasteiger partial charge in [0.25, 0.3) is 0 Å². The molecule has 0 aromatic heterocycles. The Balaban J connectivity index is 1.99. The van der Waals surface area contributed by atoms with Crippen LogP contribution in [0, 0.1) is 11.8 Å². The third kappa shape index (κ3) is 3.55. The van der Waals surface area contributed by atoms with Crippen LogP contribution in [0.1, 0.15) is 39.0 Å². The molecule has 17 heavy (non-hydrogen) atoms. The summed E-state index contributed by atoms with van der Waals surface area (Å²) >= 11 is 4.24. The summed E-state index contributed by atoms with van der Waals surface area (Å²) in [5, 5.41) is 0.732. The van der Waals surface area contributed by atoms with Gasteiger partial charge in [-0.2, -0.15) is 23.5 Å². The van der Waals surface area contributed by atoms with Crippen LogP contribution < -0.4 is 11.3 Å². The van der Waals surface area contributed by atoms with Gasteiger partial charge in [0.05, 0.1) is 0 Å². The summed E-state index contributed by atoms with van der Waals surface area (Å²) in [6, 6.07) is 0.540. The maximum absolute atomic E-state index is 5.88. The van der Waals surface area contributed by atoms with E-state index < -0.39 is 0 Å². The molecule has 2 nitrogen and oxygen atoms in total. The zero-order valence-corrected chi connectivity index (χ0v) is 12.5. The minimum Gasteiger partial charge on any atom is -0.271 e. The Hall–Kier alpha value is 0.620. The van der Waals surface area contributed by atoms with Crippen LogP contribution in [0.4, 0.5) is 0 Å². The lowest BCUT2D eigenvalue weighted by Crippen LogP contribution is -2.52. The molecule has 4 heteroatoms. The van der Waals surface area contributed by atoms with Crippen molar-refractivity contribution in [2.24, 2.45) is 17.7 Å². The molecule has 1 saturated carbocycles. The van der Waals surface area contributed by atoms with E-state index in [4.69, 9.17) is 5.84 Å². The highest BCUT2D eigenvalue weighted by molar-refractivity contribution is 8.06. The smallest absolute Gasteiger partial charge is 0.0368 e. The van der Waals surface area contributed by atoms with Gasteiger partial charge in [0.15, 0.2) is 0 Å². The van der Waals surface area contributed by atoms with Gasteiger partial charge in [-0.3, -0.25) is 11.3 Å². The highest BCUT2D eigenvalue weighted by Crippen LogP contribution is 2.39. The fourth-order valence-corrected chi connectivity index (χ4v) is 6.36. The molecule has 0 aromatic carbocycles. The van der Waals surface area contributed by atoms with Crippen molar-refractivity contribution in [2.75, 3.05) is 17.3 Å². The molecule has 1 aliphatic heterocycles. The van der Waals surface area contributed by atoms with Gasteiger partial charge in [-0.1, -0.05) is 32.6 Å². The Bertz CT molecular complexity index is 219. The topological polar surface area (TPSA) is 38.0 Å². The molecule has 2 fully saturated rings. The Labute approximate surface area is 114 Å². The van der Waals surface area contributed by atoms with Gasteiger partial charge in [-0.15, -0.1) is 0 Å². The van der Waals surface area contributed by atoms with E-state index in [0.29, 0.717) is 6.04 Å². The van der Waals surface area contributed by atoms with Crippen LogP contribution in [0.2, 0.25) is 0 Å². The zero-order valence-electron chi connectivity index (χ0n) is 10.9. The molecule has 3 N–H and O–H groups in total. The van der Waals surface area contributed by atoms with E-state index in [1.54, 1.807) is 0 Å². The fraction of sp³-hybridized carbons (Fsp3) is 1.00. The lowest BCUT2D eigenvalue weighted by molar-refractivity contribution is 0.175. The van der Waals surface area contributed by atoms with Crippen LogP contribution in [0.25, 0.3) is 0 Å². The first-order valence-electron chi connectivity index (χ1n) is 7.02. The fourth-order valence-electron chi connectivity index (χ4n) is 3.44. The predicted molar refractivity (Wildman–Crippen MR) is 80.4 cm³/mol. The van der Waals surface area contributed by atoms with Crippen LogP contribution in [0.3, 0.4) is 0 Å². The number of rotatable bonds is 4. The van der Waals surface area contributed by atoms with Crippen molar-refractivity contribution < 1.29 is 0 Å². The second kappa shape index (κ2) is 7.27. The number of thioether (sulfide) groups is 2. The van der Waals surface area contributed by atoms with Crippen molar-refractivity contribution in [3.05, 3.63) is 0 Å². The van der Waals surface area contributed by atoms with E-state index in [0.717, 1.165) is 17.1 Å². The lowest BCUT2D eigenvalue weighted by atomic mass is 9.73. The normalized spacial score (nSPS) is 36.7. The second-order valence-corrected chi connectivity index (χ2v) is 7.79. The van der Waals surface area contributed by atoms with Crippen molar-refractivity contribution in [1.29, 1.82) is 0 Å². The second-order valence-electron chi connectivity index (χ2n) is 5.29. The van der Waals surface area contributed by atoms with E-state index in [1.807, 2.05) is 0 Å². The number of nitrogens with two attached hydrogens (primary N) is 1. The van der Waals surface area contributed by atoms with E-state index >= 15 is 0 Å². The molecule has 0 radical (unpaired) electrons. The van der Waals surface area contributed by atoms with Crippen LogP contribution in [0.5, 0.6) is 0 Å². The van der Waals surface area contributed by atoms with Crippen molar-refractivity contribution in [2.45, 2.75) is 50.3 Å². The van der Waals surface area contributed by atoms with Gasteiger partial charge in [-0.25, -0.2) is 0 Å². The Kier molecular flexibility index (Phi) is 6.00. The Morgan fingerprint density at radius 2 is 2.12 bits per heavy atom. The average molecular weight is 274 g/mol. The third-order valence-electron chi connectivity index (χ3n) is 4.39. The largest absolute Gasteiger partial charge is 0.271 e. The summed E-state index contributed by atoms with van der Waals surface area (Å²) in [6.45, 7) is 2.35. The molecule has 1 heterocycles. The van der Waals surface area contributed by atoms with Crippen molar-refractivity contribution in [3.8, 4) is 0 Å². The zero-order chi connectivity index (χ0) is 12.1. The van der Waals surface area contributed by atoms with E-state index in [9.17, 15) is 0 Å². The summed E-state index contributed by atoms with van der Waals surface area (Å²) in [4.78, 5) is 0. The highest BCUT2D eigenvalue weighted by Gasteiger charge is 2.35.